The van der Waals surface area contributed by atoms with Gasteiger partial charge in [0.25, 0.3) is 0 Å². The minimum Gasteiger partial charge on any atom is -0.390 e. The summed E-state index contributed by atoms with van der Waals surface area (Å²) in [4.78, 5) is 30.2. The number of nitrogens with two attached hydrogens (primary N) is 1. The second-order valence-corrected chi connectivity index (χ2v) is 7.47. The molecule has 2 aromatic rings. The van der Waals surface area contributed by atoms with Crippen molar-refractivity contribution >= 4 is 35.5 Å². The third kappa shape index (κ3) is 3.10. The van der Waals surface area contributed by atoms with Crippen LogP contribution in [0.25, 0.3) is 11.2 Å². The molecule has 1 aliphatic heterocycles. The minimum absolute atomic E-state index is 0.217. The van der Waals surface area contributed by atoms with Gasteiger partial charge < -0.3 is 29.9 Å². The molecule has 0 radical (unpaired) electrons. The van der Waals surface area contributed by atoms with E-state index in [0.29, 0.717) is 11.2 Å². The lowest BCUT2D eigenvalue weighted by molar-refractivity contribution is -0.0399. The molecule has 1 saturated heterocycles. The van der Waals surface area contributed by atoms with Gasteiger partial charge in [-0.1, -0.05) is 0 Å². The first-order valence-electron chi connectivity index (χ1n) is 6.32. The van der Waals surface area contributed by atoms with Gasteiger partial charge in [-0.25, -0.2) is 15.0 Å². The number of imidazole rings is 1. The van der Waals surface area contributed by atoms with Crippen molar-refractivity contribution in [3.63, 3.8) is 0 Å². The van der Waals surface area contributed by atoms with E-state index in [1.54, 1.807) is 4.57 Å². The maximum atomic E-state index is 10.0. The molecular weight excluding hydrogens is 333 g/mol. The molecule has 120 valence electrons. The predicted octanol–water partition coefficient (Wildman–Crippen LogP) is -0.717. The second kappa shape index (κ2) is 5.78. The molecule has 22 heavy (non-hydrogen) atoms. The number of aliphatic hydroxyl groups excluding tert-OH is 1. The zero-order chi connectivity index (χ0) is 15.9. The molecule has 10 nitrogen and oxygen atoms in total. The summed E-state index contributed by atoms with van der Waals surface area (Å²) in [6.07, 6.45) is 0.974. The van der Waals surface area contributed by atoms with Crippen LogP contribution in [0.3, 0.4) is 0 Å². The molecule has 0 bridgehead atoms. The van der Waals surface area contributed by atoms with Crippen molar-refractivity contribution in [1.29, 1.82) is 0 Å². The zero-order valence-electron chi connectivity index (χ0n) is 11.2. The van der Waals surface area contributed by atoms with Gasteiger partial charge in [-0.3, -0.25) is 4.57 Å². The lowest BCUT2D eigenvalue weighted by Crippen LogP contribution is -2.25. The highest BCUT2D eigenvalue weighted by molar-refractivity contribution is 8.06. The Balaban J connectivity index is 1.78. The monoisotopic (exact) mass is 347 g/mol. The zero-order valence-corrected chi connectivity index (χ0v) is 12.9. The van der Waals surface area contributed by atoms with Gasteiger partial charge in [0.15, 0.2) is 11.5 Å². The Kier molecular flexibility index (Phi) is 4.12. The summed E-state index contributed by atoms with van der Waals surface area (Å²) < 4.78 is 12.0. The van der Waals surface area contributed by atoms with Crippen LogP contribution < -0.4 is 5.73 Å². The Labute approximate surface area is 129 Å². The van der Waals surface area contributed by atoms with E-state index in [4.69, 9.17) is 24.8 Å². The van der Waals surface area contributed by atoms with E-state index in [-0.39, 0.29) is 18.8 Å². The summed E-state index contributed by atoms with van der Waals surface area (Å²) in [5, 5.41) is 10.0. The SMILES string of the molecule is Nc1ncnc2c1ncn2[C@H]1C[C@@H](O)[C@@H](COP(O)(O)=S)O1. The molecule has 3 rings (SSSR count). The molecule has 0 spiro atoms. The van der Waals surface area contributed by atoms with Crippen molar-refractivity contribution in [2.75, 3.05) is 12.3 Å². The summed E-state index contributed by atoms with van der Waals surface area (Å²) in [6.45, 7) is -4.00. The molecule has 5 N–H and O–H groups in total. The van der Waals surface area contributed by atoms with Gasteiger partial charge in [0.05, 0.1) is 19.0 Å². The number of fused-ring (bicyclic) bond motifs is 1. The fourth-order valence-electron chi connectivity index (χ4n) is 2.29. The largest absolute Gasteiger partial charge is 0.390 e. The molecule has 1 aliphatic rings. The summed E-state index contributed by atoms with van der Waals surface area (Å²) in [5.41, 5.74) is 6.65. The molecular formula is C10H14N5O5PS. The van der Waals surface area contributed by atoms with E-state index >= 15 is 0 Å². The smallest absolute Gasteiger partial charge is 0.321 e. The molecule has 0 amide bonds. The van der Waals surface area contributed by atoms with Crippen LogP contribution in [0.1, 0.15) is 12.6 Å². The van der Waals surface area contributed by atoms with Crippen molar-refractivity contribution in [1.82, 2.24) is 19.5 Å². The van der Waals surface area contributed by atoms with Crippen LogP contribution in [0, 0.1) is 0 Å². The standard InChI is InChI=1S/C10H14N5O5PS/c11-9-8-10(13-3-12-9)15(4-14-8)7-1-5(16)6(20-7)2-19-21(17,18)22/h3-7,16H,1-2H2,(H2,11,12,13)(H2,17,18,22)/t5-,6-,7-/m1/s1. The maximum absolute atomic E-state index is 10.0. The van der Waals surface area contributed by atoms with Crippen molar-refractivity contribution < 1.29 is 24.2 Å². The Morgan fingerprint density at radius 3 is 2.95 bits per heavy atom. The lowest BCUT2D eigenvalue weighted by atomic mass is 10.2. The van der Waals surface area contributed by atoms with Gasteiger partial charge in [0.2, 0.25) is 0 Å². The topological polar surface area (TPSA) is 149 Å². The summed E-state index contributed by atoms with van der Waals surface area (Å²) >= 11 is 4.36. The van der Waals surface area contributed by atoms with Gasteiger partial charge in [-0.15, -0.1) is 0 Å². The van der Waals surface area contributed by atoms with Crippen LogP contribution in [0.2, 0.25) is 0 Å². The average Bonchev–Trinajstić information content (AvgIpc) is 3.00. The van der Waals surface area contributed by atoms with Crippen LogP contribution >= 0.6 is 6.72 Å². The highest BCUT2D eigenvalue weighted by Crippen LogP contribution is 2.39. The highest BCUT2D eigenvalue weighted by Gasteiger charge is 2.36. The molecule has 3 atom stereocenters. The van der Waals surface area contributed by atoms with Crippen molar-refractivity contribution in [3.8, 4) is 0 Å². The van der Waals surface area contributed by atoms with Crippen molar-refractivity contribution in [2.45, 2.75) is 24.9 Å². The molecule has 1 fully saturated rings. The van der Waals surface area contributed by atoms with Crippen LogP contribution in [0.5, 0.6) is 0 Å². The van der Waals surface area contributed by atoms with E-state index in [1.165, 1.54) is 12.7 Å². The van der Waals surface area contributed by atoms with Gasteiger partial charge in [0.1, 0.15) is 24.2 Å². The predicted molar refractivity (Wildman–Crippen MR) is 78.9 cm³/mol. The lowest BCUT2D eigenvalue weighted by Gasteiger charge is -2.17. The van der Waals surface area contributed by atoms with Gasteiger partial charge in [-0.05, 0) is 11.8 Å². The summed E-state index contributed by atoms with van der Waals surface area (Å²) in [5.74, 6) is 0.253. The van der Waals surface area contributed by atoms with Gasteiger partial charge >= 0.3 is 6.72 Å². The Morgan fingerprint density at radius 2 is 2.23 bits per heavy atom. The molecule has 2 aromatic heterocycles. The first kappa shape index (κ1) is 15.7. The summed E-state index contributed by atoms with van der Waals surface area (Å²) in [7, 11) is 0. The molecule has 0 unspecified atom stereocenters. The molecule has 0 saturated carbocycles. The number of ether oxygens (including phenoxy) is 1. The van der Waals surface area contributed by atoms with Crippen LogP contribution in [-0.2, 0) is 21.1 Å². The number of nitrogen functional groups attached to an aromatic ring is 1. The Bertz CT molecular complexity index is 736. The third-order valence-corrected chi connectivity index (χ3v) is 4.11. The molecule has 3 heterocycles. The first-order chi connectivity index (χ1) is 10.3. The van der Waals surface area contributed by atoms with Crippen LogP contribution in [-0.4, -0.2) is 53.2 Å². The molecule has 0 aromatic carbocycles. The minimum atomic E-state index is -3.78. The first-order valence-corrected chi connectivity index (χ1v) is 8.94. The number of rotatable bonds is 4. The third-order valence-electron chi connectivity index (χ3n) is 3.31. The number of aromatic nitrogens is 4. The average molecular weight is 347 g/mol. The Morgan fingerprint density at radius 1 is 1.45 bits per heavy atom. The van der Waals surface area contributed by atoms with Crippen LogP contribution in [0.15, 0.2) is 12.7 Å². The fourth-order valence-corrected chi connectivity index (χ4v) is 2.81. The van der Waals surface area contributed by atoms with E-state index in [0.717, 1.165) is 0 Å². The van der Waals surface area contributed by atoms with Gasteiger partial charge in [0, 0.05) is 6.42 Å². The number of aliphatic hydroxyl groups is 1. The van der Waals surface area contributed by atoms with Crippen molar-refractivity contribution in [3.05, 3.63) is 12.7 Å². The number of hydrogen-bond acceptors (Lipinski definition) is 8. The Hall–Kier alpha value is -1.20. The maximum Gasteiger partial charge on any atom is 0.321 e. The van der Waals surface area contributed by atoms with Gasteiger partial charge in [-0.2, -0.15) is 0 Å². The van der Waals surface area contributed by atoms with Crippen molar-refractivity contribution in [2.24, 2.45) is 0 Å². The number of anilines is 1. The second-order valence-electron chi connectivity index (χ2n) is 4.80. The number of nitrogens with zero attached hydrogens (tertiary/aromatic N) is 4. The quantitative estimate of drug-likeness (QED) is 0.522. The normalized spacial score (nSPS) is 25.9. The van der Waals surface area contributed by atoms with E-state index in [1.807, 2.05) is 0 Å². The molecule has 0 aliphatic carbocycles. The summed E-state index contributed by atoms with van der Waals surface area (Å²) in [6, 6.07) is 0. The van der Waals surface area contributed by atoms with Crippen LogP contribution in [0.4, 0.5) is 5.82 Å². The van der Waals surface area contributed by atoms with E-state index < -0.39 is 25.2 Å². The van der Waals surface area contributed by atoms with E-state index in [9.17, 15) is 5.11 Å². The highest BCUT2D eigenvalue weighted by atomic mass is 32.5. The van der Waals surface area contributed by atoms with E-state index in [2.05, 4.69) is 26.8 Å². The fraction of sp³-hybridized carbons (Fsp3) is 0.500. The molecule has 12 heteroatoms. The number of hydrogen-bond donors (Lipinski definition) is 4.